The van der Waals surface area contributed by atoms with Gasteiger partial charge in [-0.05, 0) is 24.6 Å². The third-order valence-corrected chi connectivity index (χ3v) is 5.52. The normalized spacial score (nSPS) is 15.2. The summed E-state index contributed by atoms with van der Waals surface area (Å²) in [4.78, 5) is 26.7. The van der Waals surface area contributed by atoms with E-state index in [0.29, 0.717) is 26.2 Å². The zero-order chi connectivity index (χ0) is 18.6. The molecule has 25 heavy (non-hydrogen) atoms. The smallest absolute Gasteiger partial charge is 0.244 e. The topological polar surface area (TPSA) is 96.0 Å². The first kappa shape index (κ1) is 19.2. The molecule has 2 rings (SSSR count). The predicted molar refractivity (Wildman–Crippen MR) is 91.8 cm³/mol. The van der Waals surface area contributed by atoms with Gasteiger partial charge >= 0.3 is 0 Å². The largest absolute Gasteiger partial charge is 0.495 e. The third kappa shape index (κ3) is 4.70. The second-order valence-corrected chi connectivity index (χ2v) is 7.60. The number of sulfonamides is 1. The highest BCUT2D eigenvalue weighted by atomic mass is 32.2. The maximum atomic E-state index is 12.5. The Hall–Kier alpha value is -2.13. The van der Waals surface area contributed by atoms with Gasteiger partial charge in [-0.3, -0.25) is 9.59 Å². The average molecular weight is 369 g/mol. The highest BCUT2D eigenvalue weighted by Gasteiger charge is 2.25. The number of nitrogens with one attached hydrogen (secondary N) is 1. The van der Waals surface area contributed by atoms with Gasteiger partial charge in [-0.2, -0.15) is 0 Å². The Morgan fingerprint density at radius 1 is 1.16 bits per heavy atom. The summed E-state index contributed by atoms with van der Waals surface area (Å²) in [7, 11) is -2.48. The fourth-order valence-electron chi connectivity index (χ4n) is 2.61. The van der Waals surface area contributed by atoms with Crippen molar-refractivity contribution >= 4 is 21.8 Å². The summed E-state index contributed by atoms with van der Waals surface area (Å²) in [6.07, 6.45) is 0. The van der Waals surface area contributed by atoms with Crippen LogP contribution in [0.4, 0.5) is 0 Å². The molecule has 1 aliphatic heterocycles. The van der Waals surface area contributed by atoms with Gasteiger partial charge in [0.05, 0.1) is 13.7 Å². The highest BCUT2D eigenvalue weighted by molar-refractivity contribution is 7.89. The van der Waals surface area contributed by atoms with Crippen LogP contribution >= 0.6 is 0 Å². The van der Waals surface area contributed by atoms with Crippen molar-refractivity contribution in [3.63, 3.8) is 0 Å². The summed E-state index contributed by atoms with van der Waals surface area (Å²) in [5.41, 5.74) is 0.771. The average Bonchev–Trinajstić information content (AvgIpc) is 2.59. The molecule has 0 bridgehead atoms. The van der Waals surface area contributed by atoms with Crippen molar-refractivity contribution < 1.29 is 22.7 Å². The Labute approximate surface area is 147 Å². The first-order valence-electron chi connectivity index (χ1n) is 7.92. The second kappa shape index (κ2) is 7.83. The summed E-state index contributed by atoms with van der Waals surface area (Å²) in [5, 5.41) is 0. The van der Waals surface area contributed by atoms with Crippen LogP contribution in [0.25, 0.3) is 0 Å². The minimum atomic E-state index is -3.87. The number of hydrogen-bond acceptors (Lipinski definition) is 5. The lowest BCUT2D eigenvalue weighted by Crippen LogP contribution is -2.52. The van der Waals surface area contributed by atoms with Crippen LogP contribution in [-0.2, 0) is 19.6 Å². The minimum Gasteiger partial charge on any atom is -0.495 e. The van der Waals surface area contributed by atoms with Gasteiger partial charge in [-0.15, -0.1) is 0 Å². The Morgan fingerprint density at radius 3 is 2.32 bits per heavy atom. The quantitative estimate of drug-likeness (QED) is 0.786. The van der Waals surface area contributed by atoms with Crippen LogP contribution in [0, 0.1) is 6.92 Å². The van der Waals surface area contributed by atoms with E-state index in [1.807, 2.05) is 0 Å². The van der Waals surface area contributed by atoms with Crippen molar-refractivity contribution in [1.29, 1.82) is 0 Å². The van der Waals surface area contributed by atoms with Gasteiger partial charge in [0, 0.05) is 33.1 Å². The van der Waals surface area contributed by atoms with Crippen LogP contribution < -0.4 is 9.46 Å². The molecule has 138 valence electrons. The van der Waals surface area contributed by atoms with E-state index in [1.165, 1.54) is 20.1 Å². The zero-order valence-electron chi connectivity index (χ0n) is 14.6. The van der Waals surface area contributed by atoms with Gasteiger partial charge in [0.1, 0.15) is 10.6 Å². The molecule has 0 radical (unpaired) electrons. The van der Waals surface area contributed by atoms with Gasteiger partial charge in [0.15, 0.2) is 0 Å². The molecule has 1 aromatic carbocycles. The maximum absolute atomic E-state index is 12.5. The number of rotatable bonds is 5. The summed E-state index contributed by atoms with van der Waals surface area (Å²) in [6, 6.07) is 4.82. The predicted octanol–water partition coefficient (Wildman–Crippen LogP) is -0.0274. The molecule has 0 aromatic heterocycles. The standard InChI is InChI=1S/C16H23N3O5S/c1-12-4-5-14(24-3)15(10-12)25(22,23)17-11-16(21)19-8-6-18(7-9-19)13(2)20/h4-5,10,17H,6-9,11H2,1-3H3. The van der Waals surface area contributed by atoms with Crippen molar-refractivity contribution in [2.75, 3.05) is 39.8 Å². The van der Waals surface area contributed by atoms with Crippen molar-refractivity contribution in [2.24, 2.45) is 0 Å². The van der Waals surface area contributed by atoms with Gasteiger partial charge < -0.3 is 14.5 Å². The van der Waals surface area contributed by atoms with Crippen molar-refractivity contribution in [2.45, 2.75) is 18.7 Å². The van der Waals surface area contributed by atoms with E-state index >= 15 is 0 Å². The molecule has 1 aliphatic rings. The van der Waals surface area contributed by atoms with E-state index in [0.717, 1.165) is 5.56 Å². The lowest BCUT2D eigenvalue weighted by molar-refractivity contribution is -0.137. The Bertz CT molecular complexity index is 755. The Morgan fingerprint density at radius 2 is 1.76 bits per heavy atom. The fourth-order valence-corrected chi connectivity index (χ4v) is 3.84. The number of carbonyl (C=O) groups excluding carboxylic acids is 2. The Kier molecular flexibility index (Phi) is 6.02. The molecule has 1 fully saturated rings. The van der Waals surface area contributed by atoms with Crippen LogP contribution in [-0.4, -0.2) is 69.9 Å². The number of methoxy groups -OCH3 is 1. The third-order valence-electron chi connectivity index (χ3n) is 4.10. The SMILES string of the molecule is COc1ccc(C)cc1S(=O)(=O)NCC(=O)N1CCN(C(C)=O)CC1. The Balaban J connectivity index is 2.00. The monoisotopic (exact) mass is 369 g/mol. The number of amides is 2. The van der Waals surface area contributed by atoms with E-state index in [-0.39, 0.29) is 29.0 Å². The number of aryl methyl sites for hydroxylation is 1. The van der Waals surface area contributed by atoms with Crippen LogP contribution in [0.5, 0.6) is 5.75 Å². The van der Waals surface area contributed by atoms with Crippen LogP contribution in [0.2, 0.25) is 0 Å². The van der Waals surface area contributed by atoms with Crippen molar-refractivity contribution in [3.8, 4) is 5.75 Å². The van der Waals surface area contributed by atoms with Gasteiger partial charge in [0.2, 0.25) is 21.8 Å². The lowest BCUT2D eigenvalue weighted by atomic mass is 10.2. The molecule has 0 atom stereocenters. The number of carbonyl (C=O) groups is 2. The number of hydrogen-bond donors (Lipinski definition) is 1. The molecule has 1 aromatic rings. The number of piperazine rings is 1. The van der Waals surface area contributed by atoms with E-state index < -0.39 is 10.0 Å². The summed E-state index contributed by atoms with van der Waals surface area (Å²) in [5.74, 6) is -0.127. The van der Waals surface area contributed by atoms with Crippen molar-refractivity contribution in [3.05, 3.63) is 23.8 Å². The number of benzene rings is 1. The molecule has 9 heteroatoms. The number of nitrogens with zero attached hydrogens (tertiary/aromatic N) is 2. The first-order valence-corrected chi connectivity index (χ1v) is 9.40. The van der Waals surface area contributed by atoms with Crippen LogP contribution in [0.1, 0.15) is 12.5 Å². The first-order chi connectivity index (χ1) is 11.7. The number of ether oxygens (including phenoxy) is 1. The molecule has 8 nitrogen and oxygen atoms in total. The van der Waals surface area contributed by atoms with E-state index in [2.05, 4.69) is 4.72 Å². The summed E-state index contributed by atoms with van der Waals surface area (Å²) in [6.45, 7) is 4.64. The fraction of sp³-hybridized carbons (Fsp3) is 0.500. The molecule has 2 amide bonds. The molecule has 0 spiro atoms. The van der Waals surface area contributed by atoms with E-state index in [9.17, 15) is 18.0 Å². The molecular formula is C16H23N3O5S. The molecule has 0 aliphatic carbocycles. The molecule has 1 saturated heterocycles. The highest BCUT2D eigenvalue weighted by Crippen LogP contribution is 2.24. The summed E-state index contributed by atoms with van der Waals surface area (Å²) < 4.78 is 32.4. The lowest BCUT2D eigenvalue weighted by Gasteiger charge is -2.34. The van der Waals surface area contributed by atoms with E-state index in [1.54, 1.807) is 28.9 Å². The maximum Gasteiger partial charge on any atom is 0.244 e. The van der Waals surface area contributed by atoms with Gasteiger partial charge in [0.25, 0.3) is 0 Å². The van der Waals surface area contributed by atoms with Crippen molar-refractivity contribution in [1.82, 2.24) is 14.5 Å². The zero-order valence-corrected chi connectivity index (χ0v) is 15.4. The second-order valence-electron chi connectivity index (χ2n) is 5.87. The van der Waals surface area contributed by atoms with Gasteiger partial charge in [-0.1, -0.05) is 6.07 Å². The summed E-state index contributed by atoms with van der Waals surface area (Å²) >= 11 is 0. The molecule has 1 N–H and O–H groups in total. The molecule has 0 unspecified atom stereocenters. The molecule has 1 heterocycles. The van der Waals surface area contributed by atoms with Gasteiger partial charge in [-0.25, -0.2) is 13.1 Å². The minimum absolute atomic E-state index is 0.00389. The molecule has 0 saturated carbocycles. The molecular weight excluding hydrogens is 346 g/mol. The van der Waals surface area contributed by atoms with Crippen LogP contribution in [0.3, 0.4) is 0 Å². The van der Waals surface area contributed by atoms with E-state index in [4.69, 9.17) is 4.74 Å². The van der Waals surface area contributed by atoms with Crippen LogP contribution in [0.15, 0.2) is 23.1 Å².